The molecule has 0 aromatic carbocycles. The van der Waals surface area contributed by atoms with Crippen molar-refractivity contribution in [3.8, 4) is 0 Å². The summed E-state index contributed by atoms with van der Waals surface area (Å²) in [5.74, 6) is -2.18. The smallest absolute Gasteiger partial charge is 0.358 e. The first-order chi connectivity index (χ1) is 16.3. The number of carbonyl (C=O) groups is 4. The van der Waals surface area contributed by atoms with Gasteiger partial charge in [0.1, 0.15) is 22.0 Å². The molecular weight excluding hydrogens is 474 g/mol. The highest BCUT2D eigenvalue weighted by Gasteiger charge is 2.60. The van der Waals surface area contributed by atoms with E-state index >= 15 is 0 Å². The van der Waals surface area contributed by atoms with Crippen LogP contribution in [0, 0.1) is 24.2 Å². The van der Waals surface area contributed by atoms with Crippen LogP contribution in [-0.2, 0) is 23.9 Å². The Bertz CT molecular complexity index is 1280. The van der Waals surface area contributed by atoms with Gasteiger partial charge in [-0.2, -0.15) is 0 Å². The van der Waals surface area contributed by atoms with E-state index in [4.69, 9.17) is 9.47 Å². The third-order valence-corrected chi connectivity index (χ3v) is 7.58. The lowest BCUT2D eigenvalue weighted by atomic mass is 9.77. The molecule has 1 fully saturated rings. The number of ketones is 1. The van der Waals surface area contributed by atoms with E-state index in [1.165, 1.54) is 23.2 Å². The molecule has 2 aromatic rings. The summed E-state index contributed by atoms with van der Waals surface area (Å²) in [6.07, 6.45) is 0.909. The Morgan fingerprint density at radius 2 is 1.91 bits per heavy atom. The van der Waals surface area contributed by atoms with Crippen LogP contribution in [0.3, 0.4) is 0 Å². The van der Waals surface area contributed by atoms with Crippen molar-refractivity contribution < 1.29 is 33.8 Å². The summed E-state index contributed by atoms with van der Waals surface area (Å²) in [6, 6.07) is -0.412. The van der Waals surface area contributed by atoms with Crippen LogP contribution in [0.4, 0.5) is 0 Å². The fourth-order valence-electron chi connectivity index (χ4n) is 4.68. The molecular formula is C24H29N3O7S. The number of fused-ring (bicyclic) bond motifs is 2. The minimum absolute atomic E-state index is 0.0655. The number of imidazole rings is 1. The average Bonchev–Trinajstić information content (AvgIpc) is 3.36. The van der Waals surface area contributed by atoms with E-state index < -0.39 is 42.2 Å². The molecule has 4 rings (SSSR count). The van der Waals surface area contributed by atoms with Gasteiger partial charge in [-0.3, -0.25) is 18.8 Å². The fourth-order valence-corrected chi connectivity index (χ4v) is 6.01. The molecule has 2 aliphatic rings. The molecule has 2 aromatic heterocycles. The number of nitrogens with zero attached hydrogens (tertiary/aromatic N) is 3. The van der Waals surface area contributed by atoms with Crippen molar-refractivity contribution in [2.45, 2.75) is 60.6 Å². The third kappa shape index (κ3) is 3.96. The van der Waals surface area contributed by atoms with E-state index in [9.17, 15) is 24.3 Å². The number of aromatic nitrogens is 2. The van der Waals surface area contributed by atoms with Gasteiger partial charge in [0.25, 0.3) is 0 Å². The van der Waals surface area contributed by atoms with Crippen molar-refractivity contribution in [2.75, 3.05) is 6.79 Å². The standard InChI is InChI=1S/C24H29N3O7S/c1-10-15(14-8-26-13(4)25-17(12(3)29)21(26)35-14)19(27-18(10)16(11(2)28)20(27)30)22(31)33-9-34-23(32)24(5,6)7/h8,10-11,16,18,28H,9H2,1-7H3/t10-,11+,16+,18+/m0/s1. The van der Waals surface area contributed by atoms with Crippen molar-refractivity contribution in [2.24, 2.45) is 17.3 Å². The molecule has 0 bridgehead atoms. The molecule has 0 aliphatic carbocycles. The Balaban J connectivity index is 1.74. The van der Waals surface area contributed by atoms with Crippen molar-refractivity contribution in [1.82, 2.24) is 14.3 Å². The molecule has 0 radical (unpaired) electrons. The number of hydrogen-bond donors (Lipinski definition) is 1. The number of aryl methyl sites for hydroxylation is 1. The van der Waals surface area contributed by atoms with Crippen LogP contribution < -0.4 is 0 Å². The number of thiazole rings is 1. The highest BCUT2D eigenvalue weighted by Crippen LogP contribution is 2.51. The monoisotopic (exact) mass is 503 g/mol. The van der Waals surface area contributed by atoms with Gasteiger partial charge in [-0.15, -0.1) is 11.3 Å². The molecule has 4 atom stereocenters. The topological polar surface area (TPSA) is 128 Å². The van der Waals surface area contributed by atoms with Crippen LogP contribution >= 0.6 is 11.3 Å². The van der Waals surface area contributed by atoms with Gasteiger partial charge < -0.3 is 19.5 Å². The largest absolute Gasteiger partial charge is 0.427 e. The van der Waals surface area contributed by atoms with Gasteiger partial charge in [-0.25, -0.2) is 9.78 Å². The molecule has 188 valence electrons. The third-order valence-electron chi connectivity index (χ3n) is 6.45. The number of ether oxygens (including phenoxy) is 2. The molecule has 2 aliphatic heterocycles. The van der Waals surface area contributed by atoms with E-state index in [1.54, 1.807) is 45.2 Å². The first-order valence-corrected chi connectivity index (χ1v) is 12.2. The molecule has 1 amide bonds. The Hall–Kier alpha value is -3.05. The predicted octanol–water partition coefficient (Wildman–Crippen LogP) is 2.57. The first kappa shape index (κ1) is 25.1. The SMILES string of the molecule is CC(=O)c1nc(C)n2cc(C3=C(C(=O)OCOC(=O)C(C)(C)C)N4C(=O)[C@H]([C@@H](C)O)[C@H]4[C@H]3C)sc12. The first-order valence-electron chi connectivity index (χ1n) is 11.3. The number of aliphatic hydroxyl groups is 1. The summed E-state index contributed by atoms with van der Waals surface area (Å²) in [5.41, 5.74) is 0.224. The lowest BCUT2D eigenvalue weighted by Gasteiger charge is -2.46. The Labute approximate surface area is 206 Å². The maximum absolute atomic E-state index is 13.2. The molecule has 10 nitrogen and oxygen atoms in total. The average molecular weight is 504 g/mol. The summed E-state index contributed by atoms with van der Waals surface area (Å²) < 4.78 is 12.1. The zero-order valence-corrected chi connectivity index (χ0v) is 21.6. The highest BCUT2D eigenvalue weighted by atomic mass is 32.1. The molecule has 1 N–H and O–H groups in total. The Morgan fingerprint density at radius 1 is 1.26 bits per heavy atom. The number of amides is 1. The highest BCUT2D eigenvalue weighted by molar-refractivity contribution is 7.18. The molecule has 1 saturated heterocycles. The van der Waals surface area contributed by atoms with Crippen LogP contribution in [0.15, 0.2) is 11.9 Å². The normalized spacial score (nSPS) is 22.8. The molecule has 0 saturated carbocycles. The molecule has 0 spiro atoms. The maximum Gasteiger partial charge on any atom is 0.358 e. The van der Waals surface area contributed by atoms with E-state index in [0.717, 1.165) is 0 Å². The number of hydrogen-bond acceptors (Lipinski definition) is 9. The number of carbonyl (C=O) groups excluding carboxylic acids is 4. The number of aliphatic hydroxyl groups excluding tert-OH is 1. The number of β-lactam (4-membered cyclic amide) rings is 1. The van der Waals surface area contributed by atoms with Crippen molar-refractivity contribution >= 4 is 45.4 Å². The fraction of sp³-hybridized carbons (Fsp3) is 0.542. The van der Waals surface area contributed by atoms with Crippen LogP contribution in [0.1, 0.15) is 62.7 Å². The van der Waals surface area contributed by atoms with E-state index in [1.807, 2.05) is 6.92 Å². The number of rotatable bonds is 6. The Kier molecular flexibility index (Phi) is 6.13. The van der Waals surface area contributed by atoms with Gasteiger partial charge in [-0.1, -0.05) is 6.92 Å². The second kappa shape index (κ2) is 8.56. The van der Waals surface area contributed by atoms with E-state index in [2.05, 4.69) is 4.98 Å². The molecule has 0 unspecified atom stereocenters. The summed E-state index contributed by atoms with van der Waals surface area (Å²) in [6.45, 7) is 11.1. The predicted molar refractivity (Wildman–Crippen MR) is 126 cm³/mol. The minimum atomic E-state index is -0.884. The minimum Gasteiger partial charge on any atom is -0.427 e. The lowest BCUT2D eigenvalue weighted by Crippen LogP contribution is -2.63. The second-order valence-corrected chi connectivity index (χ2v) is 11.1. The van der Waals surface area contributed by atoms with Gasteiger partial charge in [0.05, 0.1) is 28.4 Å². The zero-order valence-electron chi connectivity index (χ0n) is 20.7. The van der Waals surface area contributed by atoms with Crippen LogP contribution in [-0.4, -0.2) is 62.0 Å². The maximum atomic E-state index is 13.2. The summed E-state index contributed by atoms with van der Waals surface area (Å²) >= 11 is 1.30. The Morgan fingerprint density at radius 3 is 2.49 bits per heavy atom. The van der Waals surface area contributed by atoms with Gasteiger partial charge >= 0.3 is 11.9 Å². The van der Waals surface area contributed by atoms with Crippen LogP contribution in [0.25, 0.3) is 10.4 Å². The summed E-state index contributed by atoms with van der Waals surface area (Å²) in [7, 11) is 0. The molecule has 4 heterocycles. The lowest BCUT2D eigenvalue weighted by molar-refractivity contribution is -0.175. The number of esters is 2. The summed E-state index contributed by atoms with van der Waals surface area (Å²) in [4.78, 5) is 57.3. The summed E-state index contributed by atoms with van der Waals surface area (Å²) in [5, 5.41) is 10.2. The number of Topliss-reactive ketones (excluding diaryl/α,β-unsaturated/α-hetero) is 1. The molecule has 35 heavy (non-hydrogen) atoms. The van der Waals surface area contributed by atoms with Crippen LogP contribution in [0.5, 0.6) is 0 Å². The zero-order chi connectivity index (χ0) is 26.0. The quantitative estimate of drug-likeness (QED) is 0.276. The van der Waals surface area contributed by atoms with Crippen molar-refractivity contribution in [3.05, 3.63) is 28.3 Å². The van der Waals surface area contributed by atoms with E-state index in [-0.39, 0.29) is 23.3 Å². The second-order valence-electron chi connectivity index (χ2n) is 10.1. The molecule has 11 heteroatoms. The van der Waals surface area contributed by atoms with Crippen molar-refractivity contribution in [1.29, 1.82) is 0 Å². The van der Waals surface area contributed by atoms with Gasteiger partial charge in [0, 0.05) is 24.6 Å². The van der Waals surface area contributed by atoms with Gasteiger partial charge in [0.15, 0.2) is 5.78 Å². The van der Waals surface area contributed by atoms with E-state index in [0.29, 0.717) is 26.8 Å². The van der Waals surface area contributed by atoms with Crippen molar-refractivity contribution in [3.63, 3.8) is 0 Å². The van der Waals surface area contributed by atoms with Gasteiger partial charge in [-0.05, 0) is 34.6 Å². The van der Waals surface area contributed by atoms with Gasteiger partial charge in [0.2, 0.25) is 12.7 Å². The van der Waals surface area contributed by atoms with Crippen LogP contribution in [0.2, 0.25) is 0 Å².